The summed E-state index contributed by atoms with van der Waals surface area (Å²) in [5, 5.41) is 29.4. The lowest BCUT2D eigenvalue weighted by Crippen LogP contribution is -2.11. The third kappa shape index (κ3) is 13.7. The Balaban J connectivity index is 0.000000111. The third-order valence-corrected chi connectivity index (χ3v) is 26.9. The molecule has 0 fully saturated rings. The van der Waals surface area contributed by atoms with Crippen molar-refractivity contribution in [2.75, 3.05) is 0 Å². The molecule has 3 heteroatoms. The maximum Gasteiger partial charge on any atom is 0.136 e. The van der Waals surface area contributed by atoms with Gasteiger partial charge in [-0.3, -0.25) is 0 Å². The van der Waals surface area contributed by atoms with E-state index in [2.05, 4.69) is 469 Å². The van der Waals surface area contributed by atoms with Crippen molar-refractivity contribution in [3.05, 3.63) is 423 Å². The summed E-state index contributed by atoms with van der Waals surface area (Å²) in [5.74, 6) is 0. The standard InChI is InChI=1S/C44H38O.C42H26O.C40H30O/c1-43(2,3)31-18-20-34-37(25-31)41(27-12-8-7-9-13-27)33-19-17-32(44(4,5)6)26-38(33)42(34)30-16-21-39-35(23-30)36-22-28-14-10-11-15-29(28)24-40(36)45-39;1-3-11-27(12-4-1)31-19-21-35-38(24-31)41(28-13-5-2-6-14-28)33-17-9-10-18-34(33)42(35)32-20-22-39-36(25-32)37-23-29-15-7-8-16-30(29)26-40(37)43-39;1-40(2,3)29-18-19-32-35(24-29)39(31-16-10-9-15-30(31)38(32)25-11-5-4-6-12-25)28-17-20-36-33(22-28)34-21-26-13-7-8-14-27(26)23-37(34)41-36/h7-26H,1-6H3;1-26H;4-24H,1-3H3. The minimum Gasteiger partial charge on any atom is -0.456 e. The summed E-state index contributed by atoms with van der Waals surface area (Å²) in [5.41, 5.74) is 27.1. The maximum absolute atomic E-state index is 6.42. The van der Waals surface area contributed by atoms with Crippen LogP contribution < -0.4 is 0 Å². The van der Waals surface area contributed by atoms with E-state index in [1.165, 1.54) is 192 Å². The Morgan fingerprint density at radius 1 is 0.132 bits per heavy atom. The van der Waals surface area contributed by atoms with Gasteiger partial charge in [-0.15, -0.1) is 0 Å². The molecule has 0 aliphatic carbocycles. The molecule has 0 atom stereocenters. The highest BCUT2D eigenvalue weighted by Crippen LogP contribution is 2.52. The molecule has 0 radical (unpaired) electrons. The second-order valence-corrected chi connectivity index (χ2v) is 38.1. The molecule has 25 aromatic rings. The number of hydrogen-bond donors (Lipinski definition) is 0. The Kier molecular flexibility index (Phi) is 18.7. The minimum atomic E-state index is 0.0230. The summed E-state index contributed by atoms with van der Waals surface area (Å²) in [6.45, 7) is 20.7. The zero-order chi connectivity index (χ0) is 87.1. The van der Waals surface area contributed by atoms with E-state index < -0.39 is 0 Å². The van der Waals surface area contributed by atoms with Gasteiger partial charge in [0.15, 0.2) is 0 Å². The van der Waals surface area contributed by atoms with Crippen LogP contribution in [0.25, 0.3) is 241 Å². The molecule has 0 aliphatic heterocycles. The highest BCUT2D eigenvalue weighted by molar-refractivity contribution is 6.27. The van der Waals surface area contributed by atoms with Gasteiger partial charge in [-0.25, -0.2) is 0 Å². The van der Waals surface area contributed by atoms with Crippen LogP contribution in [-0.2, 0) is 16.2 Å². The topological polar surface area (TPSA) is 39.4 Å². The van der Waals surface area contributed by atoms with E-state index in [0.29, 0.717) is 0 Å². The van der Waals surface area contributed by atoms with E-state index in [1.807, 2.05) is 0 Å². The van der Waals surface area contributed by atoms with Crippen LogP contribution in [0.15, 0.2) is 420 Å². The van der Waals surface area contributed by atoms with E-state index in [-0.39, 0.29) is 16.2 Å². The molecular formula is C126H94O3. The van der Waals surface area contributed by atoms with Gasteiger partial charge in [0.25, 0.3) is 0 Å². The summed E-state index contributed by atoms with van der Waals surface area (Å²) < 4.78 is 19.2. The summed E-state index contributed by atoms with van der Waals surface area (Å²) in [4.78, 5) is 0. The van der Waals surface area contributed by atoms with E-state index in [9.17, 15) is 0 Å². The second-order valence-electron chi connectivity index (χ2n) is 38.1. The van der Waals surface area contributed by atoms with Gasteiger partial charge >= 0.3 is 0 Å². The number of benzene rings is 22. The lowest BCUT2D eigenvalue weighted by atomic mass is 9.79. The monoisotopic (exact) mass is 1650 g/mol. The van der Waals surface area contributed by atoms with Crippen LogP contribution in [0.5, 0.6) is 0 Å². The molecule has 0 saturated carbocycles. The van der Waals surface area contributed by atoms with Gasteiger partial charge in [-0.2, -0.15) is 0 Å². The number of rotatable bonds is 7. The first-order valence-corrected chi connectivity index (χ1v) is 45.1. The number of hydrogen-bond acceptors (Lipinski definition) is 3. The summed E-state index contributed by atoms with van der Waals surface area (Å²) in [6.07, 6.45) is 0. The van der Waals surface area contributed by atoms with Crippen molar-refractivity contribution in [1.29, 1.82) is 0 Å². The SMILES string of the molecule is CC(C)(C)c1ccc2c(-c3ccc4oc5cc6ccccc6cc5c4c3)c3cc(C(C)(C)C)ccc3c(-c3ccccc3)c2c1.CC(C)(C)c1ccc2c(-c3ccccc3)c3ccccc3c(-c3ccc4oc5cc6ccccc6cc5c4c3)c2c1.c1ccc(-c2ccc3c(-c4ccc5oc6cc7ccccc7cc6c5c4)c4ccccc4c(-c4ccccc4)c3c2)cc1. The van der Waals surface area contributed by atoms with Crippen molar-refractivity contribution in [2.45, 2.75) is 78.6 Å². The molecule has 0 saturated heterocycles. The van der Waals surface area contributed by atoms with E-state index >= 15 is 0 Å². The van der Waals surface area contributed by atoms with Crippen molar-refractivity contribution in [1.82, 2.24) is 0 Å². The second kappa shape index (κ2) is 30.7. The normalized spacial score (nSPS) is 12.2. The van der Waals surface area contributed by atoms with Gasteiger partial charge in [-0.1, -0.05) is 372 Å². The first-order valence-electron chi connectivity index (χ1n) is 45.1. The molecule has 22 aromatic carbocycles. The first-order chi connectivity index (χ1) is 62.8. The van der Waals surface area contributed by atoms with Crippen molar-refractivity contribution in [3.63, 3.8) is 0 Å². The number of furan rings is 3. The minimum absolute atomic E-state index is 0.0230. The van der Waals surface area contributed by atoms with Crippen molar-refractivity contribution in [3.8, 4) is 77.9 Å². The van der Waals surface area contributed by atoms with E-state index in [1.54, 1.807) is 0 Å². The fourth-order valence-corrected chi connectivity index (χ4v) is 20.3. The van der Waals surface area contributed by atoms with Gasteiger partial charge in [0.05, 0.1) is 0 Å². The smallest absolute Gasteiger partial charge is 0.136 e. The Morgan fingerprint density at radius 3 is 0.643 bits per heavy atom. The number of fused-ring (bicyclic) bond motifs is 18. The van der Waals surface area contributed by atoms with Gasteiger partial charge in [0.2, 0.25) is 0 Å². The maximum atomic E-state index is 6.42. The highest BCUT2D eigenvalue weighted by Gasteiger charge is 2.28. The molecule has 0 bridgehead atoms. The zero-order valence-corrected chi connectivity index (χ0v) is 73.9. The highest BCUT2D eigenvalue weighted by atomic mass is 16.3. The third-order valence-electron chi connectivity index (χ3n) is 26.9. The average molecular weight is 1660 g/mol. The molecule has 129 heavy (non-hydrogen) atoms. The predicted molar refractivity (Wildman–Crippen MR) is 553 cm³/mol. The fourth-order valence-electron chi connectivity index (χ4n) is 20.3. The Hall–Kier alpha value is -15.4. The molecule has 3 nitrogen and oxygen atoms in total. The van der Waals surface area contributed by atoms with Crippen molar-refractivity contribution in [2.24, 2.45) is 0 Å². The predicted octanol–water partition coefficient (Wildman–Crippen LogP) is 36.7. The summed E-state index contributed by atoms with van der Waals surface area (Å²) in [6, 6.07) is 148. The molecule has 0 spiro atoms. The molecule has 3 heterocycles. The van der Waals surface area contributed by atoms with Crippen molar-refractivity contribution < 1.29 is 13.3 Å². The largest absolute Gasteiger partial charge is 0.456 e. The quantitative estimate of drug-likeness (QED) is 0.149. The Bertz CT molecular complexity index is 8820. The van der Waals surface area contributed by atoms with Gasteiger partial charge in [0, 0.05) is 32.3 Å². The lowest BCUT2D eigenvalue weighted by Gasteiger charge is -2.25. The van der Waals surface area contributed by atoms with Crippen LogP contribution in [0.3, 0.4) is 0 Å². The van der Waals surface area contributed by atoms with Crippen LogP contribution >= 0.6 is 0 Å². The molecule has 616 valence electrons. The van der Waals surface area contributed by atoms with Crippen LogP contribution in [0.4, 0.5) is 0 Å². The van der Waals surface area contributed by atoms with Crippen LogP contribution in [-0.4, -0.2) is 0 Å². The molecule has 0 N–H and O–H groups in total. The van der Waals surface area contributed by atoms with E-state index in [0.717, 1.165) is 65.8 Å². The van der Waals surface area contributed by atoms with E-state index in [4.69, 9.17) is 13.3 Å². The molecule has 25 rings (SSSR count). The molecule has 0 aliphatic rings. The zero-order valence-electron chi connectivity index (χ0n) is 73.9. The van der Waals surface area contributed by atoms with Crippen LogP contribution in [0, 0.1) is 0 Å². The summed E-state index contributed by atoms with van der Waals surface area (Å²) in [7, 11) is 0. The average Bonchev–Trinajstić information content (AvgIpc) is 1.26. The van der Waals surface area contributed by atoms with Gasteiger partial charge < -0.3 is 13.3 Å². The Labute approximate surface area is 750 Å². The van der Waals surface area contributed by atoms with Crippen molar-refractivity contribution >= 4 is 163 Å². The molecule has 0 amide bonds. The molecule has 3 aromatic heterocycles. The van der Waals surface area contributed by atoms with Gasteiger partial charge in [-0.05, 0) is 305 Å². The Morgan fingerprint density at radius 2 is 0.341 bits per heavy atom. The molecular weight excluding hydrogens is 1560 g/mol. The lowest BCUT2D eigenvalue weighted by molar-refractivity contribution is 0.590. The molecule has 0 unspecified atom stereocenters. The van der Waals surface area contributed by atoms with Crippen LogP contribution in [0.1, 0.15) is 79.0 Å². The van der Waals surface area contributed by atoms with Crippen LogP contribution in [0.2, 0.25) is 0 Å². The summed E-state index contributed by atoms with van der Waals surface area (Å²) >= 11 is 0. The fraction of sp³-hybridized carbons (Fsp3) is 0.0952. The first kappa shape index (κ1) is 78.3. The van der Waals surface area contributed by atoms with Gasteiger partial charge in [0.1, 0.15) is 33.5 Å².